The van der Waals surface area contributed by atoms with Gasteiger partial charge in [0, 0.05) is 28.7 Å². The number of benzene rings is 2. The Morgan fingerprint density at radius 2 is 2.04 bits per heavy atom. The Morgan fingerprint density at radius 3 is 2.85 bits per heavy atom. The second kappa shape index (κ2) is 8.75. The Hall–Kier alpha value is -2.48. The monoisotopic (exact) mass is 419 g/mol. The molecule has 1 N–H and O–H groups in total. The average molecular weight is 420 g/mol. The highest BCUT2D eigenvalue weighted by atomic mass is 79.9. The number of anilines is 1. The summed E-state index contributed by atoms with van der Waals surface area (Å²) < 4.78 is 22.3. The molecule has 0 saturated carbocycles. The van der Waals surface area contributed by atoms with E-state index in [1.165, 1.54) is 6.07 Å². The number of aryl methyl sites for hydroxylation is 1. The maximum atomic E-state index is 13.8. The lowest BCUT2D eigenvalue weighted by Crippen LogP contribution is -2.10. The van der Waals surface area contributed by atoms with E-state index in [0.29, 0.717) is 23.8 Å². The van der Waals surface area contributed by atoms with Crippen molar-refractivity contribution in [3.05, 3.63) is 63.9 Å². The Kier molecular flexibility index (Phi) is 6.17. The van der Waals surface area contributed by atoms with Crippen molar-refractivity contribution in [1.29, 1.82) is 0 Å². The van der Waals surface area contributed by atoms with Gasteiger partial charge in [0.1, 0.15) is 18.2 Å². The predicted octanol–water partition coefficient (Wildman–Crippen LogP) is 4.18. The number of hydrogen-bond acceptors (Lipinski definition) is 5. The molecule has 8 heteroatoms. The minimum Gasteiger partial charge on any atom is -0.488 e. The maximum Gasteiger partial charge on any atom is 0.243 e. The van der Waals surface area contributed by atoms with Crippen LogP contribution in [0.15, 0.2) is 46.9 Å². The molecular weight excluding hydrogens is 401 g/mol. The first-order valence-corrected chi connectivity index (χ1v) is 9.11. The SMILES string of the molecule is CCCn1nnnc1NCc1cc(Br)ccc1OCc1ccccc1F. The van der Waals surface area contributed by atoms with E-state index in [0.717, 1.165) is 23.0 Å². The summed E-state index contributed by atoms with van der Waals surface area (Å²) in [4.78, 5) is 0. The van der Waals surface area contributed by atoms with Gasteiger partial charge in [-0.3, -0.25) is 0 Å². The summed E-state index contributed by atoms with van der Waals surface area (Å²) in [5.41, 5.74) is 1.43. The van der Waals surface area contributed by atoms with Crippen LogP contribution in [0.4, 0.5) is 10.3 Å². The zero-order chi connectivity index (χ0) is 18.4. The first kappa shape index (κ1) is 18.3. The lowest BCUT2D eigenvalue weighted by Gasteiger charge is -2.13. The zero-order valence-electron chi connectivity index (χ0n) is 14.3. The van der Waals surface area contributed by atoms with Crippen molar-refractivity contribution in [3.63, 3.8) is 0 Å². The molecule has 0 bridgehead atoms. The molecule has 3 rings (SSSR count). The van der Waals surface area contributed by atoms with Crippen LogP contribution in [0.5, 0.6) is 5.75 Å². The Bertz CT molecular complexity index is 870. The number of nitrogens with zero attached hydrogens (tertiary/aromatic N) is 4. The van der Waals surface area contributed by atoms with E-state index in [-0.39, 0.29) is 12.4 Å². The van der Waals surface area contributed by atoms with Gasteiger partial charge in [0.25, 0.3) is 0 Å². The molecule has 0 saturated heterocycles. The van der Waals surface area contributed by atoms with Crippen LogP contribution in [-0.4, -0.2) is 20.2 Å². The smallest absolute Gasteiger partial charge is 0.243 e. The van der Waals surface area contributed by atoms with Gasteiger partial charge < -0.3 is 10.1 Å². The quantitative estimate of drug-likeness (QED) is 0.593. The zero-order valence-corrected chi connectivity index (χ0v) is 15.9. The molecule has 3 aromatic rings. The molecule has 26 heavy (non-hydrogen) atoms. The first-order valence-electron chi connectivity index (χ1n) is 8.32. The van der Waals surface area contributed by atoms with Crippen LogP contribution in [0.25, 0.3) is 0 Å². The van der Waals surface area contributed by atoms with Crippen LogP contribution in [-0.2, 0) is 19.7 Å². The largest absolute Gasteiger partial charge is 0.488 e. The number of hydrogen-bond donors (Lipinski definition) is 1. The van der Waals surface area contributed by atoms with Crippen molar-refractivity contribution >= 4 is 21.9 Å². The summed E-state index contributed by atoms with van der Waals surface area (Å²) in [5, 5.41) is 14.9. The van der Waals surface area contributed by atoms with Gasteiger partial charge >= 0.3 is 0 Å². The van der Waals surface area contributed by atoms with E-state index in [1.807, 2.05) is 18.2 Å². The molecule has 0 aliphatic rings. The standard InChI is InChI=1S/C18H19BrFN5O/c1-2-9-25-18(22-23-24-25)21-11-14-10-15(19)7-8-17(14)26-12-13-5-3-4-6-16(13)20/h3-8,10H,2,9,11-12H2,1H3,(H,21,22,24). The van der Waals surface area contributed by atoms with Gasteiger partial charge in [-0.05, 0) is 41.1 Å². The second-order valence-electron chi connectivity index (χ2n) is 5.71. The Morgan fingerprint density at radius 1 is 1.19 bits per heavy atom. The summed E-state index contributed by atoms with van der Waals surface area (Å²) in [6, 6.07) is 12.3. The van der Waals surface area contributed by atoms with Crippen LogP contribution in [0.3, 0.4) is 0 Å². The number of ether oxygens (including phenoxy) is 1. The highest BCUT2D eigenvalue weighted by Gasteiger charge is 2.10. The fourth-order valence-corrected chi connectivity index (χ4v) is 2.87. The molecule has 0 aliphatic heterocycles. The van der Waals surface area contributed by atoms with Gasteiger partial charge in [-0.15, -0.1) is 0 Å². The van der Waals surface area contributed by atoms with Crippen LogP contribution >= 0.6 is 15.9 Å². The normalized spacial score (nSPS) is 10.7. The molecule has 0 fully saturated rings. The molecule has 2 aromatic carbocycles. The van der Waals surface area contributed by atoms with Crippen LogP contribution < -0.4 is 10.1 Å². The van der Waals surface area contributed by atoms with Crippen molar-refractivity contribution in [3.8, 4) is 5.75 Å². The highest BCUT2D eigenvalue weighted by molar-refractivity contribution is 9.10. The minimum atomic E-state index is -0.275. The summed E-state index contributed by atoms with van der Waals surface area (Å²) in [7, 11) is 0. The topological polar surface area (TPSA) is 64.9 Å². The number of aromatic nitrogens is 4. The Balaban J connectivity index is 1.71. The molecule has 0 unspecified atom stereocenters. The molecule has 0 aliphatic carbocycles. The maximum absolute atomic E-state index is 13.8. The molecule has 1 aromatic heterocycles. The summed E-state index contributed by atoms with van der Waals surface area (Å²) in [6.45, 7) is 3.45. The lowest BCUT2D eigenvalue weighted by molar-refractivity contribution is 0.297. The molecule has 0 amide bonds. The number of halogens is 2. The van der Waals surface area contributed by atoms with E-state index in [1.54, 1.807) is 22.9 Å². The lowest BCUT2D eigenvalue weighted by atomic mass is 10.2. The molecule has 1 heterocycles. The molecule has 0 spiro atoms. The van der Waals surface area contributed by atoms with Gasteiger partial charge in [0.2, 0.25) is 5.95 Å². The molecule has 6 nitrogen and oxygen atoms in total. The van der Waals surface area contributed by atoms with E-state index in [9.17, 15) is 4.39 Å². The predicted molar refractivity (Wildman–Crippen MR) is 100 cm³/mol. The fourth-order valence-electron chi connectivity index (χ4n) is 2.47. The number of nitrogens with one attached hydrogen (secondary N) is 1. The number of tetrazole rings is 1. The van der Waals surface area contributed by atoms with Crippen molar-refractivity contribution in [1.82, 2.24) is 20.2 Å². The molecule has 0 radical (unpaired) electrons. The minimum absolute atomic E-state index is 0.162. The fraction of sp³-hybridized carbons (Fsp3) is 0.278. The third-order valence-corrected chi connectivity index (χ3v) is 4.26. The van der Waals surface area contributed by atoms with E-state index < -0.39 is 0 Å². The van der Waals surface area contributed by atoms with Crippen LogP contribution in [0.2, 0.25) is 0 Å². The molecule has 0 atom stereocenters. The van der Waals surface area contributed by atoms with Crippen LogP contribution in [0.1, 0.15) is 24.5 Å². The van der Waals surface area contributed by atoms with Crippen molar-refractivity contribution < 1.29 is 9.13 Å². The van der Waals surface area contributed by atoms with E-state index in [4.69, 9.17) is 4.74 Å². The van der Waals surface area contributed by atoms with Gasteiger partial charge in [0.05, 0.1) is 0 Å². The second-order valence-corrected chi connectivity index (χ2v) is 6.63. The third-order valence-electron chi connectivity index (χ3n) is 3.77. The summed E-state index contributed by atoms with van der Waals surface area (Å²) in [5.74, 6) is 1.01. The highest BCUT2D eigenvalue weighted by Crippen LogP contribution is 2.25. The summed E-state index contributed by atoms with van der Waals surface area (Å²) in [6.07, 6.45) is 0.938. The number of rotatable bonds is 8. The average Bonchev–Trinajstić information content (AvgIpc) is 3.08. The van der Waals surface area contributed by atoms with Gasteiger partial charge in [-0.25, -0.2) is 9.07 Å². The van der Waals surface area contributed by atoms with Crippen molar-refractivity contribution in [2.45, 2.75) is 33.0 Å². The van der Waals surface area contributed by atoms with E-state index >= 15 is 0 Å². The van der Waals surface area contributed by atoms with Gasteiger partial charge in [0.15, 0.2) is 0 Å². The first-order chi connectivity index (χ1) is 12.7. The molecule has 136 valence electrons. The van der Waals surface area contributed by atoms with Gasteiger partial charge in [-0.2, -0.15) is 0 Å². The van der Waals surface area contributed by atoms with Crippen molar-refractivity contribution in [2.75, 3.05) is 5.32 Å². The summed E-state index contributed by atoms with van der Waals surface area (Å²) >= 11 is 3.47. The molecular formula is C18H19BrFN5O. The third kappa shape index (κ3) is 4.57. The van der Waals surface area contributed by atoms with E-state index in [2.05, 4.69) is 43.7 Å². The Labute approximate surface area is 159 Å². The van der Waals surface area contributed by atoms with Crippen molar-refractivity contribution in [2.24, 2.45) is 0 Å². The van der Waals surface area contributed by atoms with Crippen LogP contribution in [0, 0.1) is 5.82 Å². The van der Waals surface area contributed by atoms with Gasteiger partial charge in [-0.1, -0.05) is 46.2 Å².